The number of aromatic hydroxyl groups is 1. The van der Waals surface area contributed by atoms with Crippen LogP contribution in [0.3, 0.4) is 0 Å². The number of carbonyl (C=O) groups excluding carboxylic acids is 1. The van der Waals surface area contributed by atoms with Crippen molar-refractivity contribution in [3.63, 3.8) is 0 Å². The summed E-state index contributed by atoms with van der Waals surface area (Å²) in [4.78, 5) is 21.9. The van der Waals surface area contributed by atoms with Crippen LogP contribution in [-0.4, -0.2) is 22.2 Å². The summed E-state index contributed by atoms with van der Waals surface area (Å²) >= 11 is 6.82. The second kappa shape index (κ2) is 6.33. The van der Waals surface area contributed by atoms with Crippen LogP contribution >= 0.6 is 22.9 Å². The van der Waals surface area contributed by atoms with Crippen LogP contribution in [-0.2, 0) is 0 Å². The van der Waals surface area contributed by atoms with Crippen molar-refractivity contribution in [2.75, 3.05) is 0 Å². The zero-order chi connectivity index (χ0) is 15.4. The molecule has 0 aliphatic heterocycles. The number of nitro groups is 1. The molecular weight excluding hydrogens is 318 g/mol. The number of thiophene rings is 1. The molecule has 9 heteroatoms. The molecule has 1 amide bonds. The molecule has 0 bridgehead atoms. The third-order valence-corrected chi connectivity index (χ3v) is 3.60. The lowest BCUT2D eigenvalue weighted by molar-refractivity contribution is -0.385. The van der Waals surface area contributed by atoms with Gasteiger partial charge in [0, 0.05) is 6.07 Å². The molecule has 0 aliphatic carbocycles. The average molecular weight is 326 g/mol. The number of halogens is 1. The van der Waals surface area contributed by atoms with Gasteiger partial charge in [-0.1, -0.05) is 11.6 Å². The number of nitrogens with one attached hydrogen (secondary N) is 1. The highest BCUT2D eigenvalue weighted by atomic mass is 35.5. The lowest BCUT2D eigenvalue weighted by atomic mass is 10.2. The van der Waals surface area contributed by atoms with E-state index in [1.54, 1.807) is 12.1 Å². The van der Waals surface area contributed by atoms with E-state index in [9.17, 15) is 20.0 Å². The highest BCUT2D eigenvalue weighted by Gasteiger charge is 2.12. The van der Waals surface area contributed by atoms with Gasteiger partial charge in [0.25, 0.3) is 5.91 Å². The fourth-order valence-electron chi connectivity index (χ4n) is 1.43. The molecule has 2 aromatic rings. The van der Waals surface area contributed by atoms with Crippen molar-refractivity contribution in [2.45, 2.75) is 0 Å². The van der Waals surface area contributed by atoms with Crippen LogP contribution in [0.5, 0.6) is 5.75 Å². The largest absolute Gasteiger partial charge is 0.502 e. The van der Waals surface area contributed by atoms with E-state index in [2.05, 4.69) is 10.5 Å². The summed E-state index contributed by atoms with van der Waals surface area (Å²) in [7, 11) is 0. The molecule has 0 fully saturated rings. The number of rotatable bonds is 4. The summed E-state index contributed by atoms with van der Waals surface area (Å²) in [5.74, 6) is -0.894. The van der Waals surface area contributed by atoms with Gasteiger partial charge < -0.3 is 5.11 Å². The van der Waals surface area contributed by atoms with Gasteiger partial charge >= 0.3 is 5.69 Å². The maximum atomic E-state index is 11.6. The molecule has 0 unspecified atom stereocenters. The molecule has 0 saturated carbocycles. The van der Waals surface area contributed by atoms with Crippen molar-refractivity contribution < 1.29 is 14.8 Å². The number of nitrogens with zero attached hydrogens (tertiary/aromatic N) is 2. The van der Waals surface area contributed by atoms with Gasteiger partial charge in [-0.3, -0.25) is 14.9 Å². The Morgan fingerprint density at radius 2 is 2.19 bits per heavy atom. The monoisotopic (exact) mass is 325 g/mol. The molecule has 7 nitrogen and oxygen atoms in total. The molecule has 1 aromatic heterocycles. The Morgan fingerprint density at radius 3 is 2.76 bits per heavy atom. The predicted molar refractivity (Wildman–Crippen MR) is 79.2 cm³/mol. The number of carbonyl (C=O) groups is 1. The van der Waals surface area contributed by atoms with Crippen LogP contribution in [0.2, 0.25) is 4.34 Å². The van der Waals surface area contributed by atoms with E-state index < -0.39 is 22.3 Å². The van der Waals surface area contributed by atoms with Gasteiger partial charge in [-0.2, -0.15) is 5.10 Å². The lowest BCUT2D eigenvalue weighted by Crippen LogP contribution is -2.16. The highest BCUT2D eigenvalue weighted by Crippen LogP contribution is 2.25. The zero-order valence-electron chi connectivity index (χ0n) is 10.3. The molecule has 108 valence electrons. The molecule has 2 N–H and O–H groups in total. The van der Waals surface area contributed by atoms with Crippen molar-refractivity contribution in [2.24, 2.45) is 5.10 Å². The fourth-order valence-corrected chi connectivity index (χ4v) is 2.36. The minimum absolute atomic E-state index is 0.399. The van der Waals surface area contributed by atoms with E-state index in [4.69, 9.17) is 11.6 Å². The molecule has 21 heavy (non-hydrogen) atoms. The molecule has 1 aromatic carbocycles. The van der Waals surface area contributed by atoms with Crippen LogP contribution in [0.25, 0.3) is 0 Å². The Kier molecular flexibility index (Phi) is 4.51. The van der Waals surface area contributed by atoms with Crippen molar-refractivity contribution in [1.29, 1.82) is 0 Å². The van der Waals surface area contributed by atoms with Gasteiger partial charge in [0.1, 0.15) is 0 Å². The van der Waals surface area contributed by atoms with Gasteiger partial charge in [0.15, 0.2) is 5.75 Å². The summed E-state index contributed by atoms with van der Waals surface area (Å²) in [6, 6.07) is 6.89. The number of amides is 1. The van der Waals surface area contributed by atoms with E-state index in [1.807, 2.05) is 0 Å². The number of phenols is 1. The first-order valence-corrected chi connectivity index (χ1v) is 6.73. The normalized spacial score (nSPS) is 10.7. The number of phenolic OH excluding ortho intramolecular Hbond substituents is 1. The van der Waals surface area contributed by atoms with Gasteiger partial charge in [0.2, 0.25) is 0 Å². The Bertz CT molecular complexity index is 729. The van der Waals surface area contributed by atoms with E-state index in [1.165, 1.54) is 18.3 Å². The summed E-state index contributed by atoms with van der Waals surface area (Å²) in [5.41, 5.74) is 2.29. The van der Waals surface area contributed by atoms with Crippen LogP contribution in [0.4, 0.5) is 5.69 Å². The average Bonchev–Trinajstić information content (AvgIpc) is 2.85. The third kappa shape index (κ3) is 3.77. The standard InChI is InChI=1S/C12H8ClN3O4S/c13-11-4-3-10(21-11)12(18)15-14-6-7-1-2-8(16(19)20)9(17)5-7/h1-6,17H,(H,15,18)/b14-6-. The maximum Gasteiger partial charge on any atom is 0.310 e. The molecule has 0 atom stereocenters. The van der Waals surface area contributed by atoms with E-state index in [0.29, 0.717) is 14.8 Å². The van der Waals surface area contributed by atoms with Gasteiger partial charge in [-0.15, -0.1) is 11.3 Å². The maximum absolute atomic E-state index is 11.6. The zero-order valence-corrected chi connectivity index (χ0v) is 11.9. The topological polar surface area (TPSA) is 105 Å². The Labute approximate surface area is 127 Å². The summed E-state index contributed by atoms with van der Waals surface area (Å²) in [6.45, 7) is 0. The lowest BCUT2D eigenvalue weighted by Gasteiger charge is -1.98. The SMILES string of the molecule is O=C(N/N=C\c1ccc([N+](=O)[O-])c(O)c1)c1ccc(Cl)s1. The molecule has 0 saturated heterocycles. The second-order valence-electron chi connectivity index (χ2n) is 3.81. The van der Waals surface area contributed by atoms with Crippen molar-refractivity contribution in [3.8, 4) is 5.75 Å². The third-order valence-electron chi connectivity index (χ3n) is 2.37. The fraction of sp³-hybridized carbons (Fsp3) is 0. The Hall–Kier alpha value is -2.45. The highest BCUT2D eigenvalue weighted by molar-refractivity contribution is 7.17. The molecule has 0 spiro atoms. The number of benzene rings is 1. The smallest absolute Gasteiger partial charge is 0.310 e. The molecular formula is C12H8ClN3O4S. The molecule has 0 aliphatic rings. The second-order valence-corrected chi connectivity index (χ2v) is 5.52. The molecule has 1 heterocycles. The van der Waals surface area contributed by atoms with Gasteiger partial charge in [-0.25, -0.2) is 5.43 Å². The van der Waals surface area contributed by atoms with Crippen molar-refractivity contribution >= 4 is 40.7 Å². The molecule has 2 rings (SSSR count). The number of nitro benzene ring substituents is 1. The Morgan fingerprint density at radius 1 is 1.43 bits per heavy atom. The molecule has 0 radical (unpaired) electrons. The van der Waals surface area contributed by atoms with Crippen LogP contribution in [0, 0.1) is 10.1 Å². The summed E-state index contributed by atoms with van der Waals surface area (Å²) < 4.78 is 0.490. The van der Waals surface area contributed by atoms with E-state index in [0.717, 1.165) is 17.4 Å². The number of hydrogen-bond donors (Lipinski definition) is 2. The van der Waals surface area contributed by atoms with E-state index in [-0.39, 0.29) is 0 Å². The van der Waals surface area contributed by atoms with Crippen molar-refractivity contribution in [3.05, 3.63) is 55.2 Å². The van der Waals surface area contributed by atoms with Crippen LogP contribution in [0.15, 0.2) is 35.4 Å². The van der Waals surface area contributed by atoms with Gasteiger partial charge in [0.05, 0.1) is 20.4 Å². The van der Waals surface area contributed by atoms with Crippen LogP contribution in [0.1, 0.15) is 15.2 Å². The summed E-state index contributed by atoms with van der Waals surface area (Å²) in [5, 5.41) is 23.7. The predicted octanol–water partition coefficient (Wildman–Crippen LogP) is 2.78. The van der Waals surface area contributed by atoms with Crippen molar-refractivity contribution in [1.82, 2.24) is 5.43 Å². The van der Waals surface area contributed by atoms with Gasteiger partial charge in [-0.05, 0) is 29.8 Å². The quantitative estimate of drug-likeness (QED) is 0.512. The van der Waals surface area contributed by atoms with E-state index >= 15 is 0 Å². The number of hydrogen-bond acceptors (Lipinski definition) is 6. The summed E-state index contributed by atoms with van der Waals surface area (Å²) in [6.07, 6.45) is 1.26. The number of hydrazone groups is 1. The minimum atomic E-state index is -0.696. The Balaban J connectivity index is 2.03. The first-order valence-electron chi connectivity index (χ1n) is 5.53. The minimum Gasteiger partial charge on any atom is -0.502 e. The van der Waals surface area contributed by atoms with Crippen LogP contribution < -0.4 is 5.43 Å². The first-order chi connectivity index (χ1) is 9.97. The first kappa shape index (κ1) is 14.9.